The Morgan fingerprint density at radius 1 is 1.08 bits per heavy atom. The Balaban J connectivity index is 3.22. The number of hydrogen-bond donors (Lipinski definition) is 1. The van der Waals surface area contributed by atoms with Crippen molar-refractivity contribution in [2.45, 2.75) is 51.5 Å². The van der Waals surface area contributed by atoms with E-state index in [1.165, 1.54) is 13.0 Å². The minimum absolute atomic E-state index is 0.743. The van der Waals surface area contributed by atoms with Crippen LogP contribution in [0.15, 0.2) is 0 Å². The minimum Gasteiger partial charge on any atom is -0.316 e. The van der Waals surface area contributed by atoms with Crippen molar-refractivity contribution in [3.63, 3.8) is 0 Å². The topological polar surface area (TPSA) is 12.0 Å². The molecule has 0 fully saturated rings. The van der Waals surface area contributed by atoms with Crippen LogP contribution in [0.4, 0.5) is 0 Å². The first-order valence-corrected chi connectivity index (χ1v) is 6.32. The predicted molar refractivity (Wildman–Crippen MR) is 64.5 cm³/mol. The van der Waals surface area contributed by atoms with Gasteiger partial charge in [-0.05, 0) is 24.1 Å². The normalized spacial score (nSPS) is 14.1. The molecule has 0 spiro atoms. The molecule has 13 heavy (non-hydrogen) atoms. The SMILES string of the molecule is CC(C)CCNCC(C)SC(C)C. The average Bonchev–Trinajstić information content (AvgIpc) is 1.96. The zero-order chi connectivity index (χ0) is 10.3. The monoisotopic (exact) mass is 203 g/mol. The van der Waals surface area contributed by atoms with Crippen LogP contribution in [0, 0.1) is 5.92 Å². The highest BCUT2D eigenvalue weighted by molar-refractivity contribution is 8.00. The molecule has 0 aliphatic rings. The molecule has 0 aliphatic carbocycles. The van der Waals surface area contributed by atoms with Crippen molar-refractivity contribution < 1.29 is 0 Å². The molecular formula is C11H25NS. The summed E-state index contributed by atoms with van der Waals surface area (Å²) in [6.07, 6.45) is 1.29. The molecule has 0 aromatic rings. The third-order valence-corrected chi connectivity index (χ3v) is 3.01. The molecule has 0 bridgehead atoms. The van der Waals surface area contributed by atoms with E-state index in [9.17, 15) is 0 Å². The standard InChI is InChI=1S/C11H25NS/c1-9(2)6-7-12-8-11(5)13-10(3)4/h9-12H,6-8H2,1-5H3. The van der Waals surface area contributed by atoms with Crippen LogP contribution in [-0.2, 0) is 0 Å². The number of thioether (sulfide) groups is 1. The fraction of sp³-hybridized carbons (Fsp3) is 1.00. The summed E-state index contributed by atoms with van der Waals surface area (Å²) in [6.45, 7) is 13.7. The van der Waals surface area contributed by atoms with E-state index in [0.717, 1.165) is 23.0 Å². The minimum atomic E-state index is 0.743. The molecule has 1 nitrogen and oxygen atoms in total. The van der Waals surface area contributed by atoms with Crippen LogP contribution in [0.1, 0.15) is 41.0 Å². The summed E-state index contributed by atoms with van der Waals surface area (Å²) in [7, 11) is 0. The molecule has 0 radical (unpaired) electrons. The lowest BCUT2D eigenvalue weighted by atomic mass is 10.1. The van der Waals surface area contributed by atoms with E-state index in [4.69, 9.17) is 0 Å². The molecule has 0 amide bonds. The van der Waals surface area contributed by atoms with Gasteiger partial charge in [0.05, 0.1) is 0 Å². The van der Waals surface area contributed by atoms with Gasteiger partial charge in [0.25, 0.3) is 0 Å². The molecule has 0 saturated heterocycles. The van der Waals surface area contributed by atoms with Gasteiger partial charge in [-0.2, -0.15) is 11.8 Å². The van der Waals surface area contributed by atoms with Crippen molar-refractivity contribution in [2.24, 2.45) is 5.92 Å². The fourth-order valence-electron chi connectivity index (χ4n) is 1.21. The Morgan fingerprint density at radius 3 is 2.15 bits per heavy atom. The van der Waals surface area contributed by atoms with Crippen LogP contribution in [0.25, 0.3) is 0 Å². The highest BCUT2D eigenvalue weighted by Gasteiger charge is 2.04. The van der Waals surface area contributed by atoms with Gasteiger partial charge in [-0.25, -0.2) is 0 Å². The summed E-state index contributed by atoms with van der Waals surface area (Å²) < 4.78 is 0. The van der Waals surface area contributed by atoms with Gasteiger partial charge in [0.15, 0.2) is 0 Å². The lowest BCUT2D eigenvalue weighted by molar-refractivity contribution is 0.538. The van der Waals surface area contributed by atoms with Crippen molar-refractivity contribution >= 4 is 11.8 Å². The molecule has 0 aromatic carbocycles. The molecule has 1 N–H and O–H groups in total. The number of rotatable bonds is 7. The van der Waals surface area contributed by atoms with E-state index in [0.29, 0.717) is 0 Å². The Bertz CT molecular complexity index is 113. The summed E-state index contributed by atoms with van der Waals surface area (Å²) in [4.78, 5) is 0. The maximum Gasteiger partial charge on any atom is 0.0146 e. The van der Waals surface area contributed by atoms with Crippen LogP contribution in [0.3, 0.4) is 0 Å². The van der Waals surface area contributed by atoms with Crippen LogP contribution >= 0.6 is 11.8 Å². The quantitative estimate of drug-likeness (QED) is 0.638. The fourth-order valence-corrected chi connectivity index (χ4v) is 2.35. The van der Waals surface area contributed by atoms with Crippen LogP contribution < -0.4 is 5.32 Å². The molecule has 0 aliphatic heterocycles. The molecule has 0 saturated carbocycles. The molecule has 80 valence electrons. The van der Waals surface area contributed by atoms with Gasteiger partial charge in [-0.15, -0.1) is 0 Å². The average molecular weight is 203 g/mol. The first kappa shape index (κ1) is 13.3. The summed E-state index contributed by atoms with van der Waals surface area (Å²) in [5.41, 5.74) is 0. The first-order valence-electron chi connectivity index (χ1n) is 5.38. The van der Waals surface area contributed by atoms with Gasteiger partial charge in [-0.1, -0.05) is 34.6 Å². The van der Waals surface area contributed by atoms with E-state index >= 15 is 0 Å². The van der Waals surface area contributed by atoms with Gasteiger partial charge < -0.3 is 5.32 Å². The molecule has 2 heteroatoms. The second kappa shape index (κ2) is 7.69. The second-order valence-electron chi connectivity index (χ2n) is 4.38. The number of hydrogen-bond acceptors (Lipinski definition) is 2. The van der Waals surface area contributed by atoms with E-state index in [2.05, 4.69) is 51.7 Å². The second-order valence-corrected chi connectivity index (χ2v) is 6.40. The Hall–Kier alpha value is 0.310. The molecule has 0 aromatic heterocycles. The smallest absolute Gasteiger partial charge is 0.0146 e. The Morgan fingerprint density at radius 2 is 1.69 bits per heavy atom. The number of nitrogens with one attached hydrogen (secondary N) is 1. The third kappa shape index (κ3) is 10.2. The zero-order valence-electron chi connectivity index (χ0n) is 9.76. The van der Waals surface area contributed by atoms with Crippen molar-refractivity contribution in [3.05, 3.63) is 0 Å². The predicted octanol–water partition coefficient (Wildman–Crippen LogP) is 3.15. The highest BCUT2D eigenvalue weighted by atomic mass is 32.2. The van der Waals surface area contributed by atoms with E-state index in [1.54, 1.807) is 0 Å². The van der Waals surface area contributed by atoms with Crippen LogP contribution in [-0.4, -0.2) is 23.6 Å². The van der Waals surface area contributed by atoms with Crippen molar-refractivity contribution in [2.75, 3.05) is 13.1 Å². The molecule has 1 unspecified atom stereocenters. The van der Waals surface area contributed by atoms with Gasteiger partial charge in [0.1, 0.15) is 0 Å². The molecule has 0 rings (SSSR count). The van der Waals surface area contributed by atoms with Crippen LogP contribution in [0.5, 0.6) is 0 Å². The molecule has 1 atom stereocenters. The molecular weight excluding hydrogens is 178 g/mol. The molecule has 0 heterocycles. The summed E-state index contributed by atoms with van der Waals surface area (Å²) in [5.74, 6) is 0.820. The van der Waals surface area contributed by atoms with Gasteiger partial charge in [0.2, 0.25) is 0 Å². The van der Waals surface area contributed by atoms with Gasteiger partial charge in [0, 0.05) is 11.8 Å². The van der Waals surface area contributed by atoms with E-state index < -0.39 is 0 Å². The Kier molecular flexibility index (Phi) is 7.87. The lowest BCUT2D eigenvalue weighted by Gasteiger charge is -2.15. The first-order chi connectivity index (χ1) is 6.02. The summed E-state index contributed by atoms with van der Waals surface area (Å²) in [5, 5.41) is 5.00. The van der Waals surface area contributed by atoms with E-state index in [-0.39, 0.29) is 0 Å². The van der Waals surface area contributed by atoms with Gasteiger partial charge >= 0.3 is 0 Å². The Labute approximate surface area is 88.1 Å². The van der Waals surface area contributed by atoms with Crippen molar-refractivity contribution in [1.82, 2.24) is 5.32 Å². The van der Waals surface area contributed by atoms with Crippen LogP contribution in [0.2, 0.25) is 0 Å². The lowest BCUT2D eigenvalue weighted by Crippen LogP contribution is -2.25. The zero-order valence-corrected chi connectivity index (χ0v) is 10.6. The maximum atomic E-state index is 3.50. The summed E-state index contributed by atoms with van der Waals surface area (Å²) in [6, 6.07) is 0. The van der Waals surface area contributed by atoms with E-state index in [1.807, 2.05) is 0 Å². The third-order valence-electron chi connectivity index (χ3n) is 1.83. The van der Waals surface area contributed by atoms with Crippen molar-refractivity contribution in [3.8, 4) is 0 Å². The van der Waals surface area contributed by atoms with Crippen molar-refractivity contribution in [1.29, 1.82) is 0 Å². The maximum absolute atomic E-state index is 3.50. The highest BCUT2D eigenvalue weighted by Crippen LogP contribution is 2.15. The van der Waals surface area contributed by atoms with Gasteiger partial charge in [-0.3, -0.25) is 0 Å². The summed E-state index contributed by atoms with van der Waals surface area (Å²) >= 11 is 2.05. The largest absolute Gasteiger partial charge is 0.316 e.